The first-order valence-corrected chi connectivity index (χ1v) is 19.8. The Hall–Kier alpha value is 2.67. The third-order valence-corrected chi connectivity index (χ3v) is 26.3. The fourth-order valence-corrected chi connectivity index (χ4v) is 35.5. The standard InChI is InChI=1S/C14H33O2P7/c1-6-11(16-21(22(17)18)23(19)20)13-9-10(2)12(15-13)7-8-14(3,4)5/h11-13H,2,6-9,17-20H2,1,3-5H3/t11?,12-,13+/m0/s1. The molecule has 0 aromatic carbocycles. The van der Waals surface area contributed by atoms with Crippen molar-refractivity contribution in [2.24, 2.45) is 5.41 Å². The average Bonchev–Trinajstić information content (AvgIpc) is 2.77. The van der Waals surface area contributed by atoms with Crippen molar-refractivity contribution in [3.05, 3.63) is 12.2 Å². The molecule has 1 rings (SSSR count). The predicted molar refractivity (Wildman–Crippen MR) is 126 cm³/mol. The molecule has 1 fully saturated rings. The SMILES string of the molecule is C=C1C[C@H](C(CC)OP(P(P)P)P(P)P)O[C@H]1CCC(C)(C)C. The van der Waals surface area contributed by atoms with Crippen LogP contribution in [-0.2, 0) is 9.26 Å². The molecule has 0 spiro atoms. The maximum atomic E-state index is 6.52. The predicted octanol–water partition coefficient (Wildman–Crippen LogP) is 7.67. The largest absolute Gasteiger partial charge is 0.368 e. The molecule has 0 bridgehead atoms. The maximum Gasteiger partial charge on any atom is 0.0927 e. The van der Waals surface area contributed by atoms with Gasteiger partial charge >= 0.3 is 0 Å². The zero-order valence-corrected chi connectivity index (χ0v) is 22.0. The summed E-state index contributed by atoms with van der Waals surface area (Å²) in [5, 5.41) is 0. The molecule has 1 saturated heterocycles. The highest BCUT2D eigenvalue weighted by Gasteiger charge is 2.36. The van der Waals surface area contributed by atoms with E-state index < -0.39 is 7.53 Å². The molecule has 136 valence electrons. The van der Waals surface area contributed by atoms with Gasteiger partial charge in [-0.25, -0.2) is 0 Å². The van der Waals surface area contributed by atoms with E-state index in [-0.39, 0.29) is 32.3 Å². The van der Waals surface area contributed by atoms with Crippen LogP contribution in [0.2, 0.25) is 0 Å². The van der Waals surface area contributed by atoms with Crippen LogP contribution in [-0.4, -0.2) is 18.3 Å². The van der Waals surface area contributed by atoms with Gasteiger partial charge in [0.05, 0.1) is 25.8 Å². The van der Waals surface area contributed by atoms with Crippen LogP contribution in [0.1, 0.15) is 53.4 Å². The zero-order valence-electron chi connectivity index (χ0n) is 14.7. The summed E-state index contributed by atoms with van der Waals surface area (Å²) in [6, 6.07) is 0. The summed E-state index contributed by atoms with van der Waals surface area (Å²) < 4.78 is 12.9. The first-order chi connectivity index (χ1) is 10.5. The molecule has 0 aromatic rings. The van der Waals surface area contributed by atoms with E-state index in [1.54, 1.807) is 0 Å². The minimum absolute atomic E-state index is 0.178. The highest BCUT2D eigenvalue weighted by molar-refractivity contribution is 8.96. The van der Waals surface area contributed by atoms with Gasteiger partial charge in [0.2, 0.25) is 0 Å². The Morgan fingerprint density at radius 3 is 2.26 bits per heavy atom. The highest BCUT2D eigenvalue weighted by Crippen LogP contribution is 2.97. The summed E-state index contributed by atoms with van der Waals surface area (Å²) in [7, 11) is 11.3. The van der Waals surface area contributed by atoms with Gasteiger partial charge in [-0.1, -0.05) is 34.3 Å². The summed E-state index contributed by atoms with van der Waals surface area (Å²) >= 11 is 0. The Kier molecular flexibility index (Phi) is 11.2. The van der Waals surface area contributed by atoms with Gasteiger partial charge in [-0.3, -0.25) is 0 Å². The third kappa shape index (κ3) is 8.48. The summed E-state index contributed by atoms with van der Waals surface area (Å²) in [5.41, 5.74) is 1.60. The summed E-state index contributed by atoms with van der Waals surface area (Å²) in [6.07, 6.45) is 4.77. The number of ether oxygens (including phenoxy) is 1. The van der Waals surface area contributed by atoms with Crippen LogP contribution >= 0.6 is 57.2 Å². The van der Waals surface area contributed by atoms with Crippen LogP contribution in [0.5, 0.6) is 0 Å². The van der Waals surface area contributed by atoms with Gasteiger partial charge in [0, 0.05) is 0 Å². The smallest absolute Gasteiger partial charge is 0.0927 e. The van der Waals surface area contributed by atoms with E-state index in [0.717, 1.165) is 19.3 Å². The number of hydrogen-bond acceptors (Lipinski definition) is 2. The first-order valence-electron chi connectivity index (χ1n) is 7.94. The molecular formula is C14H33O2P7. The van der Waals surface area contributed by atoms with Crippen LogP contribution in [0.15, 0.2) is 12.2 Å². The molecule has 0 radical (unpaired) electrons. The Labute approximate surface area is 155 Å². The number of rotatable bonds is 8. The molecule has 7 atom stereocenters. The van der Waals surface area contributed by atoms with E-state index in [0.29, 0.717) is 5.41 Å². The molecule has 1 heterocycles. The van der Waals surface area contributed by atoms with Gasteiger partial charge in [0.25, 0.3) is 0 Å². The van der Waals surface area contributed by atoms with Crippen molar-refractivity contribution in [3.63, 3.8) is 0 Å². The molecule has 9 heteroatoms. The Bertz CT molecular complexity index is 376. The van der Waals surface area contributed by atoms with E-state index in [4.69, 9.17) is 9.26 Å². The fourth-order valence-electron chi connectivity index (χ4n) is 2.56. The Morgan fingerprint density at radius 1 is 1.26 bits per heavy atom. The second-order valence-corrected chi connectivity index (χ2v) is 30.8. The molecule has 0 aliphatic carbocycles. The molecular weight excluding hydrogens is 417 g/mol. The van der Waals surface area contributed by atoms with Crippen LogP contribution in [0.3, 0.4) is 0 Å². The van der Waals surface area contributed by atoms with Crippen LogP contribution in [0.25, 0.3) is 0 Å². The third-order valence-electron chi connectivity index (χ3n) is 3.86. The topological polar surface area (TPSA) is 18.5 Å². The van der Waals surface area contributed by atoms with Crippen molar-refractivity contribution >= 4 is 57.2 Å². The molecule has 0 N–H and O–H groups in total. The van der Waals surface area contributed by atoms with Gasteiger partial charge in [-0.05, 0) is 50.6 Å². The van der Waals surface area contributed by atoms with E-state index in [1.807, 2.05) is 0 Å². The van der Waals surface area contributed by atoms with Gasteiger partial charge in [0.15, 0.2) is 0 Å². The highest BCUT2D eigenvalue weighted by atomic mass is 33.0. The van der Waals surface area contributed by atoms with E-state index >= 15 is 0 Å². The normalized spacial score (nSPS) is 24.2. The van der Waals surface area contributed by atoms with Crippen molar-refractivity contribution in [1.29, 1.82) is 0 Å². The van der Waals surface area contributed by atoms with Crippen LogP contribution < -0.4 is 0 Å². The van der Waals surface area contributed by atoms with Crippen LogP contribution in [0.4, 0.5) is 0 Å². The van der Waals surface area contributed by atoms with Gasteiger partial charge in [0.1, 0.15) is 0 Å². The van der Waals surface area contributed by atoms with Crippen molar-refractivity contribution in [2.75, 3.05) is 0 Å². The maximum absolute atomic E-state index is 6.52. The zero-order chi connectivity index (χ0) is 17.8. The summed E-state index contributed by atoms with van der Waals surface area (Å²) in [5.74, 6) is 0. The second-order valence-electron chi connectivity index (χ2n) is 7.19. The lowest BCUT2D eigenvalue weighted by atomic mass is 9.88. The minimum Gasteiger partial charge on any atom is -0.368 e. The lowest BCUT2D eigenvalue weighted by molar-refractivity contribution is -0.0211. The monoisotopic (exact) mass is 450 g/mol. The molecule has 1 aliphatic rings. The molecule has 0 amide bonds. The van der Waals surface area contributed by atoms with Gasteiger partial charge < -0.3 is 9.26 Å². The molecule has 23 heavy (non-hydrogen) atoms. The van der Waals surface area contributed by atoms with Crippen LogP contribution in [0, 0.1) is 5.41 Å². The summed E-state index contributed by atoms with van der Waals surface area (Å²) in [6.45, 7) is 12.9. The van der Waals surface area contributed by atoms with Crippen molar-refractivity contribution in [2.45, 2.75) is 71.7 Å². The number of hydrogen-bond donors (Lipinski definition) is 0. The fraction of sp³-hybridized carbons (Fsp3) is 0.857. The first kappa shape index (κ1) is 23.7. The molecule has 2 nitrogen and oxygen atoms in total. The molecule has 1 aliphatic heterocycles. The lowest BCUT2D eigenvalue weighted by Crippen LogP contribution is -2.27. The Balaban J connectivity index is 2.64. The average molecular weight is 450 g/mol. The van der Waals surface area contributed by atoms with Crippen molar-refractivity contribution in [3.8, 4) is 0 Å². The molecule has 5 unspecified atom stereocenters. The van der Waals surface area contributed by atoms with E-state index in [2.05, 4.69) is 70.0 Å². The van der Waals surface area contributed by atoms with E-state index in [1.165, 1.54) is 12.0 Å². The Morgan fingerprint density at radius 2 is 1.83 bits per heavy atom. The lowest BCUT2D eigenvalue weighted by Gasteiger charge is -2.31. The molecule has 0 aromatic heterocycles. The molecule has 0 saturated carbocycles. The summed E-state index contributed by atoms with van der Waals surface area (Å²) in [4.78, 5) is 0. The second kappa shape index (κ2) is 10.9. The van der Waals surface area contributed by atoms with Crippen molar-refractivity contribution < 1.29 is 9.26 Å². The van der Waals surface area contributed by atoms with E-state index in [9.17, 15) is 0 Å². The quantitative estimate of drug-likeness (QED) is 0.279. The van der Waals surface area contributed by atoms with Gasteiger partial charge in [-0.15, -0.1) is 35.7 Å². The van der Waals surface area contributed by atoms with Crippen molar-refractivity contribution in [1.82, 2.24) is 0 Å². The van der Waals surface area contributed by atoms with Gasteiger partial charge in [-0.2, -0.15) is 0 Å². The minimum atomic E-state index is -0.423.